The number of benzene rings is 5. The van der Waals surface area contributed by atoms with Crippen LogP contribution in [-0.4, -0.2) is 4.57 Å². The smallest absolute Gasteiger partial charge is 0.378 e. The van der Waals surface area contributed by atoms with Crippen LogP contribution in [0.1, 0.15) is 60.1 Å². The summed E-state index contributed by atoms with van der Waals surface area (Å²) >= 11 is 0. The van der Waals surface area contributed by atoms with Gasteiger partial charge in [0.15, 0.2) is 11.4 Å². The van der Waals surface area contributed by atoms with E-state index in [-0.39, 0.29) is 11.3 Å². The number of fused-ring (bicyclic) bond motifs is 8. The molecule has 8 aromatic rings. The van der Waals surface area contributed by atoms with E-state index in [1.165, 1.54) is 89.5 Å². The average Bonchev–Trinajstić information content (AvgIpc) is 3.67. The molecule has 0 fully saturated rings. The van der Waals surface area contributed by atoms with Crippen molar-refractivity contribution in [1.29, 1.82) is 0 Å². The normalized spacial score (nSPS) is 18.8. The molecule has 0 N–H and O–H groups in total. The van der Waals surface area contributed by atoms with E-state index < -0.39 is 5.66 Å². The maximum absolute atomic E-state index is 7.18. The van der Waals surface area contributed by atoms with Gasteiger partial charge in [-0.15, -0.1) is 9.13 Å². The Morgan fingerprint density at radius 2 is 1.39 bits per heavy atom. The Hall–Kier alpha value is -6.20. The second kappa shape index (κ2) is 8.39. The highest BCUT2D eigenvalue weighted by Crippen LogP contribution is 2.62. The Bertz CT molecular complexity index is 2960. The van der Waals surface area contributed by atoms with Gasteiger partial charge in [0.25, 0.3) is 11.5 Å². The summed E-state index contributed by atoms with van der Waals surface area (Å²) in [4.78, 5) is 2.56. The summed E-state index contributed by atoms with van der Waals surface area (Å²) in [5.74, 6) is 3.23. The molecule has 0 saturated carbocycles. The summed E-state index contributed by atoms with van der Waals surface area (Å²) in [6, 6.07) is 49.7. The number of aromatic nitrogens is 3. The minimum absolute atomic E-state index is 0.188. The van der Waals surface area contributed by atoms with E-state index in [1.54, 1.807) is 0 Å². The van der Waals surface area contributed by atoms with Gasteiger partial charge in [0, 0.05) is 33.7 Å². The fourth-order valence-electron chi connectivity index (χ4n) is 10.6. The molecule has 5 aliphatic heterocycles. The number of ether oxygens (including phenoxy) is 1. The lowest BCUT2D eigenvalue weighted by molar-refractivity contribution is -0.936. The number of rotatable bonds is 2. The van der Waals surface area contributed by atoms with Crippen molar-refractivity contribution in [3.63, 3.8) is 0 Å². The molecule has 0 amide bonds. The van der Waals surface area contributed by atoms with Crippen LogP contribution in [0.5, 0.6) is 11.6 Å². The van der Waals surface area contributed by atoms with Crippen molar-refractivity contribution in [2.24, 2.45) is 0 Å². The molecule has 1 spiro atoms. The third-order valence-electron chi connectivity index (χ3n) is 12.8. The van der Waals surface area contributed by atoms with Crippen molar-refractivity contribution in [2.45, 2.75) is 37.8 Å². The van der Waals surface area contributed by atoms with Crippen LogP contribution in [0.15, 0.2) is 133 Å². The van der Waals surface area contributed by atoms with Crippen LogP contribution in [-0.2, 0) is 11.1 Å². The lowest BCUT2D eigenvalue weighted by atomic mass is 9.72. The number of nitrogens with zero attached hydrogens (tertiary/aromatic N) is 4. The molecule has 0 bridgehead atoms. The molecule has 0 saturated heterocycles. The molecular weight excluding hydrogens is 625 g/mol. The fraction of sp³-hybridized carbons (Fsp3) is 0.130. The lowest BCUT2D eigenvalue weighted by Gasteiger charge is -2.44. The van der Waals surface area contributed by atoms with E-state index >= 15 is 0 Å². The number of anilines is 3. The highest BCUT2D eigenvalue weighted by atomic mass is 16.5. The van der Waals surface area contributed by atoms with Crippen LogP contribution < -0.4 is 18.8 Å². The molecule has 2 unspecified atom stereocenters. The summed E-state index contributed by atoms with van der Waals surface area (Å²) in [7, 11) is 0. The molecule has 5 nitrogen and oxygen atoms in total. The molecule has 0 aliphatic carbocycles. The average molecular weight is 657 g/mol. The Kier molecular flexibility index (Phi) is 4.38. The van der Waals surface area contributed by atoms with Crippen LogP contribution >= 0.6 is 0 Å². The molecular formula is C46H32N4O+2. The predicted octanol–water partition coefficient (Wildman–Crippen LogP) is 9.63. The first-order valence-corrected chi connectivity index (χ1v) is 18.0. The zero-order valence-corrected chi connectivity index (χ0v) is 28.5. The van der Waals surface area contributed by atoms with Crippen molar-refractivity contribution in [3.05, 3.63) is 167 Å². The SMILES string of the molecule is CC(c1ccccc1)c1cc2[n+]3c(c1)-c1ccc4c5[n+]1C31c3c(cccc3-n3c6ccccc6c6ccc(c1c63)O2)N5c1ccccc1C4(C)C. The second-order valence-corrected chi connectivity index (χ2v) is 15.4. The molecule has 0 radical (unpaired) electrons. The minimum Gasteiger partial charge on any atom is -0.404 e. The van der Waals surface area contributed by atoms with Crippen LogP contribution in [0.25, 0.3) is 38.9 Å². The van der Waals surface area contributed by atoms with E-state index in [9.17, 15) is 0 Å². The molecule has 5 aliphatic rings. The monoisotopic (exact) mass is 656 g/mol. The van der Waals surface area contributed by atoms with Gasteiger partial charge >= 0.3 is 11.5 Å². The van der Waals surface area contributed by atoms with Gasteiger partial charge in [-0.1, -0.05) is 93.6 Å². The topological polar surface area (TPSA) is 25.2 Å². The Morgan fingerprint density at radius 3 is 2.29 bits per heavy atom. The third kappa shape index (κ3) is 2.72. The van der Waals surface area contributed by atoms with Crippen molar-refractivity contribution in [2.75, 3.05) is 4.90 Å². The summed E-state index contributed by atoms with van der Waals surface area (Å²) < 4.78 is 14.9. The highest BCUT2D eigenvalue weighted by Gasteiger charge is 2.73. The Labute approximate surface area is 294 Å². The third-order valence-corrected chi connectivity index (χ3v) is 12.8. The summed E-state index contributed by atoms with van der Waals surface area (Å²) in [5.41, 5.74) is 15.3. The highest BCUT2D eigenvalue weighted by molar-refractivity contribution is 6.12. The maximum atomic E-state index is 7.18. The molecule has 240 valence electrons. The van der Waals surface area contributed by atoms with E-state index in [1.807, 2.05) is 0 Å². The standard InChI is InChI=1S/C46H32N4O/c1-26(27-12-5-4-6-13-27)28-24-38-35-22-21-32-44-48(34-17-10-8-15-31(34)45(32,2)3)37-19-11-18-36-41(37)46(50(35)44)42-39(51-40(25-28)49(38)46)23-20-30-29-14-7-9-16-33(29)47(36)43(30)42/h4-26H,1-3H3/q+2. The molecule has 2 atom stereocenters. The second-order valence-electron chi connectivity index (χ2n) is 15.4. The van der Waals surface area contributed by atoms with Crippen LogP contribution in [0, 0.1) is 0 Å². The number of hydrogen-bond donors (Lipinski definition) is 0. The number of hydrogen-bond acceptors (Lipinski definition) is 2. The first kappa shape index (κ1) is 26.6. The first-order chi connectivity index (χ1) is 25.0. The van der Waals surface area contributed by atoms with E-state index in [0.29, 0.717) is 0 Å². The van der Waals surface area contributed by atoms with Crippen molar-refractivity contribution >= 4 is 39.0 Å². The molecule has 3 aromatic heterocycles. The van der Waals surface area contributed by atoms with Gasteiger partial charge in [-0.2, -0.15) is 4.90 Å². The number of para-hydroxylation sites is 2. The van der Waals surface area contributed by atoms with Crippen LogP contribution in [0.3, 0.4) is 0 Å². The Morgan fingerprint density at radius 1 is 0.608 bits per heavy atom. The summed E-state index contributed by atoms with van der Waals surface area (Å²) in [5, 5.41) is 2.51. The Balaban J connectivity index is 1.27. The molecule has 51 heavy (non-hydrogen) atoms. The summed E-state index contributed by atoms with van der Waals surface area (Å²) in [6.45, 7) is 7.09. The van der Waals surface area contributed by atoms with Crippen molar-refractivity contribution < 1.29 is 13.9 Å². The first-order valence-electron chi connectivity index (χ1n) is 18.0. The van der Waals surface area contributed by atoms with E-state index in [4.69, 9.17) is 4.74 Å². The van der Waals surface area contributed by atoms with E-state index in [0.717, 1.165) is 11.6 Å². The molecule has 8 heterocycles. The molecule has 5 heteroatoms. The zero-order chi connectivity index (χ0) is 33.5. The molecule has 5 aromatic carbocycles. The minimum atomic E-state index is -0.692. The largest absolute Gasteiger partial charge is 0.404 e. The van der Waals surface area contributed by atoms with Crippen LogP contribution in [0.4, 0.5) is 17.2 Å². The maximum Gasteiger partial charge on any atom is 0.378 e. The lowest BCUT2D eigenvalue weighted by Crippen LogP contribution is -2.76. The zero-order valence-electron chi connectivity index (χ0n) is 28.5. The van der Waals surface area contributed by atoms with E-state index in [2.05, 4.69) is 173 Å². The van der Waals surface area contributed by atoms with Crippen molar-refractivity contribution in [3.8, 4) is 28.7 Å². The fourth-order valence-corrected chi connectivity index (χ4v) is 10.6. The van der Waals surface area contributed by atoms with Gasteiger partial charge in [-0.05, 0) is 59.7 Å². The predicted molar refractivity (Wildman–Crippen MR) is 199 cm³/mol. The van der Waals surface area contributed by atoms with Gasteiger partial charge in [0.05, 0.1) is 28.4 Å². The number of pyridine rings is 2. The van der Waals surface area contributed by atoms with Gasteiger partial charge in [0.2, 0.25) is 5.69 Å². The van der Waals surface area contributed by atoms with Crippen LogP contribution in [0.2, 0.25) is 0 Å². The van der Waals surface area contributed by atoms with Gasteiger partial charge in [-0.25, -0.2) is 0 Å². The quantitative estimate of drug-likeness (QED) is 0.173. The van der Waals surface area contributed by atoms with Gasteiger partial charge in [0.1, 0.15) is 16.8 Å². The van der Waals surface area contributed by atoms with Gasteiger partial charge < -0.3 is 9.30 Å². The van der Waals surface area contributed by atoms with Gasteiger partial charge in [-0.3, -0.25) is 0 Å². The van der Waals surface area contributed by atoms with Crippen molar-refractivity contribution in [1.82, 2.24) is 4.57 Å². The molecule has 13 rings (SSSR count). The summed E-state index contributed by atoms with van der Waals surface area (Å²) in [6.07, 6.45) is 0.